The van der Waals surface area contributed by atoms with Gasteiger partial charge in [-0.05, 0) is 25.2 Å². The summed E-state index contributed by atoms with van der Waals surface area (Å²) in [6.07, 6.45) is -4.99. The average molecular weight is 571 g/mol. The molecule has 1 aromatic carbocycles. The van der Waals surface area contributed by atoms with Gasteiger partial charge in [0, 0.05) is 64.8 Å². The maximum atomic E-state index is 13.0. The number of likely N-dealkylation sites (N-methyl/N-ethyl adjacent to an activating group) is 1. The van der Waals surface area contributed by atoms with Crippen LogP contribution in [0.1, 0.15) is 17.3 Å². The van der Waals surface area contributed by atoms with Crippen molar-refractivity contribution in [2.24, 2.45) is 0 Å². The zero-order valence-electron chi connectivity index (χ0n) is 21.5. The SMILES string of the molecule is CC(=O)N1CCN(c2nnc(NC(=O)c3ccc(OC(F)(F)F)c(NC(=O)CN4CCN(C)CC4)c3)s2)CC1. The second-order valence-corrected chi connectivity index (χ2v) is 10.2. The highest BCUT2D eigenvalue weighted by Gasteiger charge is 2.33. The Morgan fingerprint density at radius 1 is 1.00 bits per heavy atom. The van der Waals surface area contributed by atoms with Crippen LogP contribution in [-0.2, 0) is 9.59 Å². The zero-order chi connectivity index (χ0) is 28.2. The van der Waals surface area contributed by atoms with Gasteiger partial charge in [-0.25, -0.2) is 0 Å². The quantitative estimate of drug-likeness (QED) is 0.510. The molecular formula is C23H29F3N8O4S. The van der Waals surface area contributed by atoms with Gasteiger partial charge < -0.3 is 24.8 Å². The molecule has 2 fully saturated rings. The van der Waals surface area contributed by atoms with E-state index < -0.39 is 23.9 Å². The lowest BCUT2D eigenvalue weighted by Gasteiger charge is -2.33. The summed E-state index contributed by atoms with van der Waals surface area (Å²) >= 11 is 1.13. The molecule has 2 aromatic rings. The minimum absolute atomic E-state index is 0.00130. The molecule has 16 heteroatoms. The van der Waals surface area contributed by atoms with E-state index in [0.29, 0.717) is 44.4 Å². The maximum absolute atomic E-state index is 13.0. The summed E-state index contributed by atoms with van der Waals surface area (Å²) in [5.41, 5.74) is -0.286. The Morgan fingerprint density at radius 2 is 1.69 bits per heavy atom. The Balaban J connectivity index is 1.42. The number of carbonyl (C=O) groups is 3. The van der Waals surface area contributed by atoms with Gasteiger partial charge >= 0.3 is 6.36 Å². The number of nitrogens with zero attached hydrogens (tertiary/aromatic N) is 6. The summed E-state index contributed by atoms with van der Waals surface area (Å²) in [5.74, 6) is -1.80. The number of aromatic nitrogens is 2. The molecule has 1 aromatic heterocycles. The van der Waals surface area contributed by atoms with Gasteiger partial charge in [0.1, 0.15) is 0 Å². The molecule has 2 aliphatic rings. The predicted octanol–water partition coefficient (Wildman–Crippen LogP) is 1.54. The lowest BCUT2D eigenvalue weighted by Crippen LogP contribution is -2.48. The lowest BCUT2D eigenvalue weighted by atomic mass is 10.1. The molecular weight excluding hydrogens is 541 g/mol. The molecule has 0 aliphatic carbocycles. The number of anilines is 3. The molecule has 0 saturated carbocycles. The molecule has 3 heterocycles. The van der Waals surface area contributed by atoms with Crippen molar-refractivity contribution in [3.63, 3.8) is 0 Å². The molecule has 2 saturated heterocycles. The normalized spacial score (nSPS) is 17.2. The number of piperazine rings is 2. The van der Waals surface area contributed by atoms with Gasteiger partial charge in [0.25, 0.3) is 5.91 Å². The fourth-order valence-electron chi connectivity index (χ4n) is 4.16. The summed E-state index contributed by atoms with van der Waals surface area (Å²) in [6, 6.07) is 3.27. The number of hydrogen-bond donors (Lipinski definition) is 2. The van der Waals surface area contributed by atoms with Crippen LogP contribution in [0.3, 0.4) is 0 Å². The van der Waals surface area contributed by atoms with E-state index in [9.17, 15) is 27.6 Å². The topological polar surface area (TPSA) is 123 Å². The van der Waals surface area contributed by atoms with Crippen LogP contribution in [0.15, 0.2) is 18.2 Å². The Morgan fingerprint density at radius 3 is 2.33 bits per heavy atom. The summed E-state index contributed by atoms with van der Waals surface area (Å²) in [5, 5.41) is 13.9. The van der Waals surface area contributed by atoms with Gasteiger partial charge in [-0.3, -0.25) is 24.6 Å². The highest BCUT2D eigenvalue weighted by atomic mass is 32.1. The molecule has 0 radical (unpaired) electrons. The number of alkyl halides is 3. The van der Waals surface area contributed by atoms with Crippen LogP contribution >= 0.6 is 11.3 Å². The van der Waals surface area contributed by atoms with Crippen molar-refractivity contribution in [3.8, 4) is 5.75 Å². The van der Waals surface area contributed by atoms with Gasteiger partial charge in [0.15, 0.2) is 5.75 Å². The Labute approximate surface area is 226 Å². The third-order valence-electron chi connectivity index (χ3n) is 6.33. The number of hydrogen-bond acceptors (Lipinski definition) is 10. The largest absolute Gasteiger partial charge is 0.573 e. The second-order valence-electron chi connectivity index (χ2n) is 9.22. The molecule has 3 amide bonds. The Bertz CT molecular complexity index is 1190. The summed E-state index contributed by atoms with van der Waals surface area (Å²) < 4.78 is 43.0. The highest BCUT2D eigenvalue weighted by molar-refractivity contribution is 7.19. The van der Waals surface area contributed by atoms with Crippen molar-refractivity contribution in [1.82, 2.24) is 24.9 Å². The molecule has 212 valence electrons. The minimum atomic E-state index is -4.99. The summed E-state index contributed by atoms with van der Waals surface area (Å²) in [7, 11) is 1.97. The van der Waals surface area contributed by atoms with Gasteiger partial charge in [0.2, 0.25) is 22.1 Å². The van der Waals surface area contributed by atoms with Crippen LogP contribution in [0, 0.1) is 0 Å². The van der Waals surface area contributed by atoms with Crippen LogP contribution in [-0.4, -0.2) is 115 Å². The molecule has 2 N–H and O–H groups in total. The zero-order valence-corrected chi connectivity index (χ0v) is 22.3. The van der Waals surface area contributed by atoms with Gasteiger partial charge in [-0.2, -0.15) is 0 Å². The smallest absolute Gasteiger partial charge is 0.404 e. The van der Waals surface area contributed by atoms with E-state index >= 15 is 0 Å². The molecule has 12 nitrogen and oxygen atoms in total. The number of rotatable bonds is 7. The molecule has 0 unspecified atom stereocenters. The van der Waals surface area contributed by atoms with E-state index in [1.165, 1.54) is 6.92 Å². The van der Waals surface area contributed by atoms with Gasteiger partial charge in [-0.15, -0.1) is 23.4 Å². The van der Waals surface area contributed by atoms with E-state index in [1.807, 2.05) is 16.8 Å². The van der Waals surface area contributed by atoms with Crippen molar-refractivity contribution in [2.75, 3.05) is 81.5 Å². The van der Waals surface area contributed by atoms with Crippen molar-refractivity contribution in [3.05, 3.63) is 23.8 Å². The fraction of sp³-hybridized carbons (Fsp3) is 0.522. The van der Waals surface area contributed by atoms with Crippen molar-refractivity contribution in [2.45, 2.75) is 13.3 Å². The first-order valence-corrected chi connectivity index (χ1v) is 13.0. The number of halogens is 3. The van der Waals surface area contributed by atoms with E-state index in [4.69, 9.17) is 0 Å². The minimum Gasteiger partial charge on any atom is -0.404 e. The van der Waals surface area contributed by atoms with Crippen LogP contribution in [0.25, 0.3) is 0 Å². The van der Waals surface area contributed by atoms with Crippen molar-refractivity contribution < 1.29 is 32.3 Å². The monoisotopic (exact) mass is 570 g/mol. The van der Waals surface area contributed by atoms with Crippen LogP contribution < -0.4 is 20.3 Å². The first-order chi connectivity index (χ1) is 18.5. The number of nitrogens with one attached hydrogen (secondary N) is 2. The van der Waals surface area contributed by atoms with Crippen molar-refractivity contribution in [1.29, 1.82) is 0 Å². The number of ether oxygens (including phenoxy) is 1. The van der Waals surface area contributed by atoms with E-state index in [0.717, 1.165) is 42.6 Å². The summed E-state index contributed by atoms with van der Waals surface area (Å²) in [6.45, 7) is 6.58. The molecule has 0 spiro atoms. The van der Waals surface area contributed by atoms with E-state index in [2.05, 4.69) is 30.5 Å². The first-order valence-electron chi connectivity index (χ1n) is 12.2. The van der Waals surface area contributed by atoms with Crippen LogP contribution in [0.5, 0.6) is 5.75 Å². The summed E-state index contributed by atoms with van der Waals surface area (Å²) in [4.78, 5) is 44.7. The predicted molar refractivity (Wildman–Crippen MR) is 138 cm³/mol. The molecule has 2 aliphatic heterocycles. The average Bonchev–Trinajstić information content (AvgIpc) is 3.34. The Hall–Kier alpha value is -3.50. The number of benzene rings is 1. The van der Waals surface area contributed by atoms with Gasteiger partial charge in [-0.1, -0.05) is 11.3 Å². The van der Waals surface area contributed by atoms with Gasteiger partial charge in [0.05, 0.1) is 12.2 Å². The molecule has 0 atom stereocenters. The molecule has 4 rings (SSSR count). The lowest BCUT2D eigenvalue weighted by molar-refractivity contribution is -0.274. The number of amides is 3. The van der Waals surface area contributed by atoms with Crippen molar-refractivity contribution >= 4 is 45.0 Å². The van der Waals surface area contributed by atoms with Crippen LogP contribution in [0.2, 0.25) is 0 Å². The standard InChI is InChI=1S/C23H29F3N8O4S/c1-15(35)33-9-11-34(12-10-33)22-30-29-21(39-22)28-20(37)16-3-4-18(38-23(24,25)26)17(13-16)27-19(36)14-32-7-5-31(2)6-8-32/h3-4,13H,5-12,14H2,1-2H3,(H,27,36)(H,28,29,37). The molecule has 39 heavy (non-hydrogen) atoms. The van der Waals surface area contributed by atoms with E-state index in [-0.39, 0.29) is 28.8 Å². The first kappa shape index (κ1) is 28.5. The Kier molecular flexibility index (Phi) is 8.87. The second kappa shape index (κ2) is 12.1. The van der Waals surface area contributed by atoms with Crippen LogP contribution in [0.4, 0.5) is 29.1 Å². The fourth-order valence-corrected chi connectivity index (χ4v) is 4.95. The third kappa shape index (κ3) is 8.00. The highest BCUT2D eigenvalue weighted by Crippen LogP contribution is 2.32. The number of carbonyl (C=O) groups excluding carboxylic acids is 3. The molecule has 0 bridgehead atoms. The maximum Gasteiger partial charge on any atom is 0.573 e. The van der Waals surface area contributed by atoms with E-state index in [1.54, 1.807) is 4.90 Å². The third-order valence-corrected chi connectivity index (χ3v) is 7.23.